The Hall–Kier alpha value is -0.480. The van der Waals surface area contributed by atoms with E-state index in [9.17, 15) is 0 Å². The smallest absolute Gasteiger partial charge is 0.0440 e. The van der Waals surface area contributed by atoms with E-state index in [0.29, 0.717) is 17.3 Å². The normalized spacial score (nSPS) is 11.9. The quantitative estimate of drug-likeness (QED) is 0.660. The Bertz CT molecular complexity index is 278. The summed E-state index contributed by atoms with van der Waals surface area (Å²) in [4.78, 5) is 0. The number of nitrogen functional groups attached to an aromatic ring is 1. The minimum atomic E-state index is -0.233. The molecule has 0 unspecified atom stereocenters. The van der Waals surface area contributed by atoms with Crippen LogP contribution in [0.3, 0.4) is 0 Å². The van der Waals surface area contributed by atoms with E-state index < -0.39 is 0 Å². The van der Waals surface area contributed by atoms with Crippen LogP contribution < -0.4 is 17.2 Å². The number of hydrogen-bond acceptors (Lipinski definition) is 3. The van der Waals surface area contributed by atoms with E-state index >= 15 is 0 Å². The summed E-state index contributed by atoms with van der Waals surface area (Å²) in [6.45, 7) is 0.366. The lowest BCUT2D eigenvalue weighted by Gasteiger charge is -2.11. The molecule has 0 aromatic heterocycles. The zero-order chi connectivity index (χ0) is 9.14. The molecule has 1 aromatic carbocycles. The fourth-order valence-corrected chi connectivity index (χ4v) is 1.17. The number of nitrogens with two attached hydrogens (primary N) is 3. The van der Waals surface area contributed by atoms with Crippen molar-refractivity contribution in [3.63, 3.8) is 0 Å². The van der Waals surface area contributed by atoms with Gasteiger partial charge in [0.2, 0.25) is 0 Å². The Morgan fingerprint density at radius 3 is 2.54 bits per heavy atom. The minimum Gasteiger partial charge on any atom is -0.398 e. The van der Waals surface area contributed by atoms with Gasteiger partial charge in [0.15, 0.2) is 0 Å². The van der Waals surface area contributed by atoms with Gasteiger partial charge in [-0.15, -0.1) is 12.4 Å². The maximum absolute atomic E-state index is 5.77. The fraction of sp³-hybridized carbons (Fsp3) is 0.250. The molecule has 0 aliphatic rings. The Morgan fingerprint density at radius 1 is 1.38 bits per heavy atom. The molecule has 0 heterocycles. The SMILES string of the molecule is Cl.NC[C@@H](N)c1cc(Cl)ccc1N. The topological polar surface area (TPSA) is 78.1 Å². The molecule has 1 aromatic rings. The van der Waals surface area contributed by atoms with Crippen LogP contribution in [0.25, 0.3) is 0 Å². The highest BCUT2D eigenvalue weighted by Crippen LogP contribution is 2.22. The summed E-state index contributed by atoms with van der Waals surface area (Å²) in [5.74, 6) is 0. The van der Waals surface area contributed by atoms with Crippen molar-refractivity contribution in [3.05, 3.63) is 28.8 Å². The molecule has 74 valence electrons. The largest absolute Gasteiger partial charge is 0.398 e. The third kappa shape index (κ3) is 3.04. The van der Waals surface area contributed by atoms with Crippen LogP contribution >= 0.6 is 24.0 Å². The maximum Gasteiger partial charge on any atom is 0.0440 e. The molecular formula is C8H13Cl2N3. The Balaban J connectivity index is 0.00000144. The van der Waals surface area contributed by atoms with Gasteiger partial charge in [-0.3, -0.25) is 0 Å². The molecule has 13 heavy (non-hydrogen) atoms. The third-order valence-electron chi connectivity index (χ3n) is 1.70. The molecule has 1 rings (SSSR count). The molecule has 0 amide bonds. The first-order valence-corrected chi connectivity index (χ1v) is 4.03. The van der Waals surface area contributed by atoms with Crippen molar-refractivity contribution in [2.75, 3.05) is 12.3 Å². The molecule has 0 saturated carbocycles. The van der Waals surface area contributed by atoms with Crippen molar-refractivity contribution in [3.8, 4) is 0 Å². The maximum atomic E-state index is 5.77. The number of rotatable bonds is 2. The van der Waals surface area contributed by atoms with Crippen molar-refractivity contribution in [1.82, 2.24) is 0 Å². The lowest BCUT2D eigenvalue weighted by Crippen LogP contribution is -2.21. The van der Waals surface area contributed by atoms with E-state index in [2.05, 4.69) is 0 Å². The summed E-state index contributed by atoms with van der Waals surface area (Å²) >= 11 is 5.77. The van der Waals surface area contributed by atoms with E-state index in [1.165, 1.54) is 0 Å². The van der Waals surface area contributed by atoms with Crippen LogP contribution in [-0.2, 0) is 0 Å². The third-order valence-corrected chi connectivity index (χ3v) is 1.94. The van der Waals surface area contributed by atoms with Gasteiger partial charge in [0.1, 0.15) is 0 Å². The van der Waals surface area contributed by atoms with E-state index in [1.807, 2.05) is 0 Å². The minimum absolute atomic E-state index is 0. The van der Waals surface area contributed by atoms with Crippen molar-refractivity contribution in [2.24, 2.45) is 11.5 Å². The summed E-state index contributed by atoms with van der Waals surface area (Å²) in [5, 5.41) is 0.628. The van der Waals surface area contributed by atoms with Crippen LogP contribution in [0.1, 0.15) is 11.6 Å². The highest BCUT2D eigenvalue weighted by atomic mass is 35.5. The zero-order valence-electron chi connectivity index (χ0n) is 7.03. The van der Waals surface area contributed by atoms with Crippen LogP contribution in [0.2, 0.25) is 5.02 Å². The van der Waals surface area contributed by atoms with Crippen molar-refractivity contribution in [2.45, 2.75) is 6.04 Å². The first-order valence-electron chi connectivity index (χ1n) is 3.65. The van der Waals surface area contributed by atoms with Gasteiger partial charge in [0, 0.05) is 23.3 Å². The molecule has 0 radical (unpaired) electrons. The van der Waals surface area contributed by atoms with Crippen LogP contribution in [0.5, 0.6) is 0 Å². The fourth-order valence-electron chi connectivity index (χ4n) is 0.994. The lowest BCUT2D eigenvalue weighted by atomic mass is 10.1. The standard InChI is InChI=1S/C8H12ClN3.ClH/c9-5-1-2-7(11)6(3-5)8(12)4-10;/h1-3,8H,4,10-12H2;1H/t8-;/m1./s1. The van der Waals surface area contributed by atoms with Gasteiger partial charge in [-0.05, 0) is 23.8 Å². The molecule has 1 atom stereocenters. The highest BCUT2D eigenvalue weighted by molar-refractivity contribution is 6.30. The molecule has 0 saturated heterocycles. The Labute approximate surface area is 88.6 Å². The number of anilines is 1. The van der Waals surface area contributed by atoms with E-state index in [0.717, 1.165) is 5.56 Å². The molecule has 0 spiro atoms. The monoisotopic (exact) mass is 221 g/mol. The predicted octanol–water partition coefficient (Wildman–Crippen LogP) is 1.30. The summed E-state index contributed by atoms with van der Waals surface area (Å²) in [6.07, 6.45) is 0. The second-order valence-corrected chi connectivity index (χ2v) is 3.05. The molecule has 5 heteroatoms. The second kappa shape index (κ2) is 5.29. The van der Waals surface area contributed by atoms with E-state index in [1.54, 1.807) is 18.2 Å². The van der Waals surface area contributed by atoms with E-state index in [-0.39, 0.29) is 18.4 Å². The molecule has 0 aliphatic heterocycles. The molecule has 0 bridgehead atoms. The highest BCUT2D eigenvalue weighted by Gasteiger charge is 2.07. The van der Waals surface area contributed by atoms with Crippen molar-refractivity contribution >= 4 is 29.7 Å². The van der Waals surface area contributed by atoms with Gasteiger partial charge < -0.3 is 17.2 Å². The van der Waals surface area contributed by atoms with E-state index in [4.69, 9.17) is 28.8 Å². The van der Waals surface area contributed by atoms with Crippen molar-refractivity contribution in [1.29, 1.82) is 0 Å². The second-order valence-electron chi connectivity index (χ2n) is 2.62. The summed E-state index contributed by atoms with van der Waals surface area (Å²) in [5.41, 5.74) is 18.2. The summed E-state index contributed by atoms with van der Waals surface area (Å²) < 4.78 is 0. The van der Waals surface area contributed by atoms with Crippen molar-refractivity contribution < 1.29 is 0 Å². The van der Waals surface area contributed by atoms with Gasteiger partial charge in [-0.1, -0.05) is 11.6 Å². The molecular weight excluding hydrogens is 209 g/mol. The van der Waals surface area contributed by atoms with Crippen LogP contribution in [0, 0.1) is 0 Å². The first-order chi connectivity index (χ1) is 5.65. The average Bonchev–Trinajstić information content (AvgIpc) is 2.08. The summed E-state index contributed by atoms with van der Waals surface area (Å²) in [7, 11) is 0. The lowest BCUT2D eigenvalue weighted by molar-refractivity contribution is 0.739. The molecule has 6 N–H and O–H groups in total. The molecule has 0 aliphatic carbocycles. The summed E-state index contributed by atoms with van der Waals surface area (Å²) in [6, 6.07) is 4.97. The van der Waals surface area contributed by atoms with Crippen LogP contribution in [-0.4, -0.2) is 6.54 Å². The molecule has 3 nitrogen and oxygen atoms in total. The average molecular weight is 222 g/mol. The number of halogens is 2. The van der Waals surface area contributed by atoms with Gasteiger partial charge >= 0.3 is 0 Å². The Morgan fingerprint density at radius 2 is 2.00 bits per heavy atom. The number of hydrogen-bond donors (Lipinski definition) is 3. The van der Waals surface area contributed by atoms with Gasteiger partial charge in [0.25, 0.3) is 0 Å². The first kappa shape index (κ1) is 12.5. The number of benzene rings is 1. The van der Waals surface area contributed by atoms with Crippen LogP contribution in [0.15, 0.2) is 18.2 Å². The zero-order valence-corrected chi connectivity index (χ0v) is 8.61. The van der Waals surface area contributed by atoms with Gasteiger partial charge in [0.05, 0.1) is 0 Å². The van der Waals surface area contributed by atoms with Crippen LogP contribution in [0.4, 0.5) is 5.69 Å². The van der Waals surface area contributed by atoms with Gasteiger partial charge in [-0.25, -0.2) is 0 Å². The Kier molecular flexibility index (Phi) is 5.10. The molecule has 0 fully saturated rings. The predicted molar refractivity (Wildman–Crippen MR) is 59.1 cm³/mol. The van der Waals surface area contributed by atoms with Gasteiger partial charge in [-0.2, -0.15) is 0 Å².